The number of hydrogen-bond donors (Lipinski definition) is 0. The molecule has 1 heterocycles. The Kier molecular flexibility index (Phi) is 6.16. The van der Waals surface area contributed by atoms with Gasteiger partial charge in [0.2, 0.25) is 0 Å². The van der Waals surface area contributed by atoms with Gasteiger partial charge in [0, 0.05) is 16.8 Å². The summed E-state index contributed by atoms with van der Waals surface area (Å²) in [6.07, 6.45) is 1.38. The van der Waals surface area contributed by atoms with Gasteiger partial charge >= 0.3 is 0 Å². The molecule has 0 saturated heterocycles. The number of rotatable bonds is 5. The van der Waals surface area contributed by atoms with Gasteiger partial charge in [0.1, 0.15) is 11.6 Å². The van der Waals surface area contributed by atoms with Crippen molar-refractivity contribution in [3.8, 4) is 5.69 Å². The third kappa shape index (κ3) is 5.06. The second kappa shape index (κ2) is 8.29. The maximum Gasteiger partial charge on any atom is 0.258 e. The average Bonchev–Trinajstić information content (AvgIpc) is 2.59. The molecule has 0 atom stereocenters. The Labute approximate surface area is 180 Å². The normalized spacial score (nSPS) is 11.7. The van der Waals surface area contributed by atoms with E-state index < -0.39 is 5.82 Å². The van der Waals surface area contributed by atoms with Gasteiger partial charge in [0.15, 0.2) is 0 Å². The molecular weight excluding hydrogens is 410 g/mol. The van der Waals surface area contributed by atoms with Crippen LogP contribution in [0, 0.1) is 25.1 Å². The third-order valence-corrected chi connectivity index (χ3v) is 5.50. The summed E-state index contributed by atoms with van der Waals surface area (Å²) in [5, 5.41) is 0.714. The van der Waals surface area contributed by atoms with Crippen molar-refractivity contribution in [1.29, 1.82) is 0 Å². The van der Waals surface area contributed by atoms with Crippen LogP contribution in [0.3, 0.4) is 0 Å². The molecule has 0 aliphatic carbocycles. The molecule has 1 aromatic heterocycles. The van der Waals surface area contributed by atoms with E-state index in [1.54, 1.807) is 30.5 Å². The quantitative estimate of drug-likeness (QED) is 0.487. The van der Waals surface area contributed by atoms with E-state index in [1.807, 2.05) is 18.2 Å². The zero-order chi connectivity index (χ0) is 21.3. The average molecular weight is 433 g/mol. The Morgan fingerprint density at radius 1 is 1.00 bits per heavy atom. The lowest BCUT2D eigenvalue weighted by Crippen LogP contribution is -2.22. The molecule has 3 rings (SSSR count). The molecule has 29 heavy (non-hydrogen) atoms. The predicted molar refractivity (Wildman–Crippen MR) is 117 cm³/mol. The number of hydrogen-bond acceptors (Lipinski definition) is 2. The number of nitrogens with zero attached hydrogens (tertiary/aromatic N) is 2. The highest BCUT2D eigenvalue weighted by molar-refractivity contribution is 6.31. The molecule has 0 radical (unpaired) electrons. The molecule has 0 amide bonds. The first kappa shape index (κ1) is 21.5. The minimum absolute atomic E-state index is 0.126. The van der Waals surface area contributed by atoms with Gasteiger partial charge in [-0.2, -0.15) is 0 Å². The Morgan fingerprint density at radius 2 is 1.72 bits per heavy atom. The lowest BCUT2D eigenvalue weighted by Gasteiger charge is -2.26. The van der Waals surface area contributed by atoms with Crippen LogP contribution in [0.25, 0.3) is 5.69 Å². The van der Waals surface area contributed by atoms with Gasteiger partial charge in [-0.1, -0.05) is 49.2 Å². The molecular formula is C23H23Cl2FN2O. The van der Waals surface area contributed by atoms with Crippen LogP contribution >= 0.6 is 23.2 Å². The van der Waals surface area contributed by atoms with Crippen LogP contribution in [0.1, 0.15) is 36.5 Å². The van der Waals surface area contributed by atoms with E-state index in [4.69, 9.17) is 23.2 Å². The van der Waals surface area contributed by atoms with Crippen molar-refractivity contribution in [3.63, 3.8) is 0 Å². The summed E-state index contributed by atoms with van der Waals surface area (Å²) in [5.41, 5.74) is 2.95. The van der Waals surface area contributed by atoms with Gasteiger partial charge in [-0.05, 0) is 67.5 Å². The third-order valence-electron chi connectivity index (χ3n) is 4.85. The van der Waals surface area contributed by atoms with E-state index in [0.717, 1.165) is 11.1 Å². The minimum Gasteiger partial charge on any atom is -0.269 e. The summed E-state index contributed by atoms with van der Waals surface area (Å²) in [7, 11) is 0. The van der Waals surface area contributed by atoms with Crippen molar-refractivity contribution >= 4 is 23.2 Å². The Balaban J connectivity index is 1.85. The monoisotopic (exact) mass is 432 g/mol. The number of halogens is 3. The van der Waals surface area contributed by atoms with Gasteiger partial charge < -0.3 is 0 Å². The molecule has 0 aliphatic rings. The first-order valence-corrected chi connectivity index (χ1v) is 10.1. The highest BCUT2D eigenvalue weighted by Gasteiger charge is 2.21. The lowest BCUT2D eigenvalue weighted by atomic mass is 9.80. The Bertz CT molecular complexity index is 1120. The van der Waals surface area contributed by atoms with Crippen LogP contribution in [0.4, 0.5) is 4.39 Å². The topological polar surface area (TPSA) is 34.9 Å². The molecule has 0 fully saturated rings. The molecule has 6 heteroatoms. The van der Waals surface area contributed by atoms with Gasteiger partial charge in [-0.25, -0.2) is 9.37 Å². The zero-order valence-corrected chi connectivity index (χ0v) is 18.4. The molecule has 2 aromatic carbocycles. The summed E-state index contributed by atoms with van der Waals surface area (Å²) < 4.78 is 15.3. The van der Waals surface area contributed by atoms with Crippen molar-refractivity contribution in [3.05, 3.63) is 91.3 Å². The number of aryl methyl sites for hydroxylation is 2. The predicted octanol–water partition coefficient (Wildman–Crippen LogP) is 6.11. The van der Waals surface area contributed by atoms with Crippen molar-refractivity contribution in [2.75, 3.05) is 0 Å². The van der Waals surface area contributed by atoms with Gasteiger partial charge in [-0.3, -0.25) is 9.36 Å². The van der Waals surface area contributed by atoms with Crippen LogP contribution < -0.4 is 5.56 Å². The van der Waals surface area contributed by atoms with Gasteiger partial charge in [-0.15, -0.1) is 0 Å². The van der Waals surface area contributed by atoms with Crippen LogP contribution in [0.2, 0.25) is 10.0 Å². The molecule has 0 spiro atoms. The van der Waals surface area contributed by atoms with E-state index in [2.05, 4.69) is 18.8 Å². The van der Waals surface area contributed by atoms with Crippen LogP contribution in [-0.2, 0) is 12.8 Å². The van der Waals surface area contributed by atoms with Crippen molar-refractivity contribution in [1.82, 2.24) is 9.55 Å². The fraction of sp³-hybridized carbons (Fsp3) is 0.304. The highest BCUT2D eigenvalue weighted by Crippen LogP contribution is 2.31. The van der Waals surface area contributed by atoms with Gasteiger partial charge in [0.05, 0.1) is 10.7 Å². The molecule has 0 aliphatic heterocycles. The number of benzene rings is 2. The molecule has 0 N–H and O–H groups in total. The van der Waals surface area contributed by atoms with Gasteiger partial charge in [0.25, 0.3) is 5.56 Å². The Morgan fingerprint density at radius 3 is 2.34 bits per heavy atom. The van der Waals surface area contributed by atoms with Crippen molar-refractivity contribution < 1.29 is 4.39 Å². The van der Waals surface area contributed by atoms with E-state index in [9.17, 15) is 9.18 Å². The first-order valence-electron chi connectivity index (χ1n) is 9.36. The maximum atomic E-state index is 13.8. The van der Waals surface area contributed by atoms with Crippen molar-refractivity contribution in [2.45, 2.75) is 40.5 Å². The fourth-order valence-electron chi connectivity index (χ4n) is 3.65. The smallest absolute Gasteiger partial charge is 0.258 e. The summed E-state index contributed by atoms with van der Waals surface area (Å²) in [6.45, 7) is 7.82. The molecule has 152 valence electrons. The summed E-state index contributed by atoms with van der Waals surface area (Å²) in [4.78, 5) is 16.7. The second-order valence-corrected chi connectivity index (χ2v) is 8.97. The standard InChI is InChI=1S/C23H23Cl2FN2O/c1-14-9-22(29)28(15(2)27-14)18-7-6-17(20(25)11-18)13-23(3,4)12-16-5-8-19(24)21(26)10-16/h5-11H,12-13H2,1-4H3. The molecule has 0 bridgehead atoms. The van der Waals surface area contributed by atoms with E-state index in [0.29, 0.717) is 35.1 Å². The van der Waals surface area contributed by atoms with Crippen LogP contribution in [0.15, 0.2) is 47.3 Å². The van der Waals surface area contributed by atoms with E-state index in [1.165, 1.54) is 12.1 Å². The van der Waals surface area contributed by atoms with Crippen molar-refractivity contribution in [2.24, 2.45) is 5.41 Å². The molecule has 0 saturated carbocycles. The van der Waals surface area contributed by atoms with Crippen LogP contribution in [0.5, 0.6) is 0 Å². The number of aromatic nitrogens is 2. The molecule has 3 aromatic rings. The van der Waals surface area contributed by atoms with Crippen LogP contribution in [-0.4, -0.2) is 9.55 Å². The summed E-state index contributed by atoms with van der Waals surface area (Å²) >= 11 is 12.3. The Hall–Kier alpha value is -2.17. The van der Waals surface area contributed by atoms with E-state index in [-0.39, 0.29) is 16.0 Å². The zero-order valence-electron chi connectivity index (χ0n) is 16.9. The first-order chi connectivity index (χ1) is 13.6. The largest absolute Gasteiger partial charge is 0.269 e. The fourth-order valence-corrected chi connectivity index (χ4v) is 4.01. The molecule has 0 unspecified atom stereocenters. The maximum absolute atomic E-state index is 13.8. The summed E-state index contributed by atoms with van der Waals surface area (Å²) in [6, 6.07) is 12.0. The van der Waals surface area contributed by atoms with E-state index >= 15 is 0 Å². The highest BCUT2D eigenvalue weighted by atomic mass is 35.5. The second-order valence-electron chi connectivity index (χ2n) is 8.16. The minimum atomic E-state index is -0.408. The molecule has 3 nitrogen and oxygen atoms in total. The lowest BCUT2D eigenvalue weighted by molar-refractivity contribution is 0.360. The SMILES string of the molecule is Cc1cc(=O)n(-c2ccc(CC(C)(C)Cc3ccc(Cl)c(F)c3)c(Cl)c2)c(C)n1. The summed E-state index contributed by atoms with van der Waals surface area (Å²) in [5.74, 6) is 0.207.